The van der Waals surface area contributed by atoms with Crippen LogP contribution in [0.5, 0.6) is 0 Å². The number of ether oxygens (including phenoxy) is 2. The average molecular weight is 260 g/mol. The molecule has 1 saturated heterocycles. The van der Waals surface area contributed by atoms with Gasteiger partial charge in [-0.2, -0.15) is 5.10 Å². The lowest BCUT2D eigenvalue weighted by Crippen LogP contribution is -2.14. The van der Waals surface area contributed by atoms with E-state index < -0.39 is 0 Å². The largest absolute Gasteiger partial charge is 0.465 e. The van der Waals surface area contributed by atoms with Gasteiger partial charge < -0.3 is 9.47 Å². The summed E-state index contributed by atoms with van der Waals surface area (Å²) in [5.41, 5.74) is 2.66. The van der Waals surface area contributed by atoms with Gasteiger partial charge in [0.2, 0.25) is 0 Å². The van der Waals surface area contributed by atoms with Crippen molar-refractivity contribution in [3.8, 4) is 0 Å². The third-order valence-corrected chi connectivity index (χ3v) is 3.59. The molecule has 2 aromatic rings. The molecule has 1 aliphatic heterocycles. The number of hydrogen-bond donors (Lipinski definition) is 0. The van der Waals surface area contributed by atoms with E-state index in [2.05, 4.69) is 11.2 Å². The molecule has 0 saturated carbocycles. The van der Waals surface area contributed by atoms with Gasteiger partial charge in [0.05, 0.1) is 24.4 Å². The molecule has 3 rings (SSSR count). The molecular weight excluding hydrogens is 244 g/mol. The van der Waals surface area contributed by atoms with Gasteiger partial charge in [-0.1, -0.05) is 0 Å². The van der Waals surface area contributed by atoms with Gasteiger partial charge in [-0.15, -0.1) is 0 Å². The summed E-state index contributed by atoms with van der Waals surface area (Å²) in [5.74, 6) is 0.167. The lowest BCUT2D eigenvalue weighted by atomic mass is 9.93. The van der Waals surface area contributed by atoms with Crippen molar-refractivity contribution in [1.82, 2.24) is 9.61 Å². The minimum absolute atomic E-state index is 0.335. The Labute approximate surface area is 111 Å². The van der Waals surface area contributed by atoms with E-state index >= 15 is 0 Å². The maximum absolute atomic E-state index is 11.5. The summed E-state index contributed by atoms with van der Waals surface area (Å²) < 4.78 is 11.8. The molecule has 0 atom stereocenters. The van der Waals surface area contributed by atoms with Crippen molar-refractivity contribution in [3.63, 3.8) is 0 Å². The van der Waals surface area contributed by atoms with Gasteiger partial charge in [0, 0.05) is 19.4 Å². The molecule has 0 unspecified atom stereocenters. The predicted molar refractivity (Wildman–Crippen MR) is 69.3 cm³/mol. The van der Waals surface area contributed by atoms with Crippen LogP contribution in [0.1, 0.15) is 34.7 Å². The smallest absolute Gasteiger partial charge is 0.339 e. The Kier molecular flexibility index (Phi) is 3.21. The second kappa shape index (κ2) is 5.01. The van der Waals surface area contributed by atoms with E-state index in [0.717, 1.165) is 31.6 Å². The van der Waals surface area contributed by atoms with Crippen molar-refractivity contribution < 1.29 is 14.3 Å². The average Bonchev–Trinajstić information content (AvgIpc) is 2.90. The van der Waals surface area contributed by atoms with Gasteiger partial charge in [0.15, 0.2) is 0 Å². The molecule has 5 heteroatoms. The summed E-state index contributed by atoms with van der Waals surface area (Å²) in [5, 5.41) is 4.36. The molecule has 0 aromatic carbocycles. The highest BCUT2D eigenvalue weighted by molar-refractivity contribution is 5.91. The first-order chi connectivity index (χ1) is 9.28. The first kappa shape index (κ1) is 12.2. The fourth-order valence-electron chi connectivity index (χ4n) is 2.50. The molecule has 2 aromatic heterocycles. The second-order valence-electron chi connectivity index (χ2n) is 4.77. The molecule has 0 spiro atoms. The molecular formula is C14H16N2O3. The van der Waals surface area contributed by atoms with Crippen molar-refractivity contribution in [1.29, 1.82) is 0 Å². The topological polar surface area (TPSA) is 52.8 Å². The summed E-state index contributed by atoms with van der Waals surface area (Å²) in [7, 11) is 1.38. The van der Waals surface area contributed by atoms with E-state index in [-0.39, 0.29) is 5.97 Å². The first-order valence-corrected chi connectivity index (χ1v) is 6.42. The third-order valence-electron chi connectivity index (χ3n) is 3.59. The maximum atomic E-state index is 11.5. The van der Waals surface area contributed by atoms with Crippen LogP contribution >= 0.6 is 0 Å². The third kappa shape index (κ3) is 2.33. The van der Waals surface area contributed by atoms with Gasteiger partial charge in [-0.05, 0) is 36.5 Å². The first-order valence-electron chi connectivity index (χ1n) is 6.42. The molecule has 1 aliphatic rings. The zero-order chi connectivity index (χ0) is 13.2. The Hall–Kier alpha value is -1.88. The summed E-state index contributed by atoms with van der Waals surface area (Å²) in [6, 6.07) is 3.90. The number of rotatable bonds is 2. The number of fused-ring (bicyclic) bond motifs is 1. The lowest BCUT2D eigenvalue weighted by molar-refractivity contribution is 0.0601. The molecule has 100 valence electrons. The molecule has 3 heterocycles. The molecule has 0 N–H and O–H groups in total. The van der Waals surface area contributed by atoms with E-state index in [4.69, 9.17) is 9.47 Å². The van der Waals surface area contributed by atoms with E-state index in [1.807, 2.05) is 12.3 Å². The summed E-state index contributed by atoms with van der Waals surface area (Å²) in [6.07, 6.45) is 5.63. The van der Waals surface area contributed by atoms with Crippen LogP contribution in [-0.4, -0.2) is 35.9 Å². The predicted octanol–water partition coefficient (Wildman–Crippen LogP) is 2.01. The highest BCUT2D eigenvalue weighted by Crippen LogP contribution is 2.27. The maximum Gasteiger partial charge on any atom is 0.339 e. The van der Waals surface area contributed by atoms with Crippen molar-refractivity contribution in [2.75, 3.05) is 20.3 Å². The number of hydrogen-bond acceptors (Lipinski definition) is 4. The standard InChI is InChI=1S/C14H16N2O3/c1-18-14(17)12-7-13-6-11(8-15-16(13)9-12)10-2-4-19-5-3-10/h6-10H,2-5H2,1H3. The number of esters is 1. The lowest BCUT2D eigenvalue weighted by Gasteiger charge is -2.21. The number of aromatic nitrogens is 2. The highest BCUT2D eigenvalue weighted by Gasteiger charge is 2.17. The van der Waals surface area contributed by atoms with Gasteiger partial charge in [-0.25, -0.2) is 9.31 Å². The van der Waals surface area contributed by atoms with Crippen molar-refractivity contribution >= 4 is 11.5 Å². The number of methoxy groups -OCH3 is 1. The Balaban J connectivity index is 1.93. The molecule has 1 fully saturated rings. The number of carbonyl (C=O) groups excluding carboxylic acids is 1. The minimum atomic E-state index is -0.335. The van der Waals surface area contributed by atoms with Crippen molar-refractivity contribution in [2.24, 2.45) is 0 Å². The van der Waals surface area contributed by atoms with E-state index in [0.29, 0.717) is 11.5 Å². The van der Waals surface area contributed by atoms with E-state index in [1.54, 1.807) is 10.7 Å². The van der Waals surface area contributed by atoms with Gasteiger partial charge >= 0.3 is 5.97 Å². The second-order valence-corrected chi connectivity index (χ2v) is 4.77. The Morgan fingerprint density at radius 3 is 2.95 bits per heavy atom. The van der Waals surface area contributed by atoms with Crippen LogP contribution in [0, 0.1) is 0 Å². The fourth-order valence-corrected chi connectivity index (χ4v) is 2.50. The molecule has 0 radical (unpaired) electrons. The highest BCUT2D eigenvalue weighted by atomic mass is 16.5. The van der Waals surface area contributed by atoms with E-state index in [1.165, 1.54) is 12.7 Å². The zero-order valence-corrected chi connectivity index (χ0v) is 10.8. The van der Waals surface area contributed by atoms with Crippen LogP contribution in [-0.2, 0) is 9.47 Å². The number of nitrogens with zero attached hydrogens (tertiary/aromatic N) is 2. The van der Waals surface area contributed by atoms with Gasteiger partial charge in [0.1, 0.15) is 0 Å². The number of carbonyl (C=O) groups is 1. The Bertz CT molecular complexity index is 600. The van der Waals surface area contributed by atoms with Crippen LogP contribution in [0.2, 0.25) is 0 Å². The van der Waals surface area contributed by atoms with Crippen molar-refractivity contribution in [2.45, 2.75) is 18.8 Å². The molecule has 0 bridgehead atoms. The molecule has 0 aliphatic carbocycles. The Morgan fingerprint density at radius 1 is 1.42 bits per heavy atom. The van der Waals surface area contributed by atoms with E-state index in [9.17, 15) is 4.79 Å². The molecule has 0 amide bonds. The van der Waals surface area contributed by atoms with Crippen LogP contribution in [0.15, 0.2) is 24.5 Å². The van der Waals surface area contributed by atoms with Crippen LogP contribution in [0.3, 0.4) is 0 Å². The van der Waals surface area contributed by atoms with Crippen LogP contribution in [0.4, 0.5) is 0 Å². The fraction of sp³-hybridized carbons (Fsp3) is 0.429. The Morgan fingerprint density at radius 2 is 2.21 bits per heavy atom. The van der Waals surface area contributed by atoms with Gasteiger partial charge in [0.25, 0.3) is 0 Å². The van der Waals surface area contributed by atoms with Crippen molar-refractivity contribution in [3.05, 3.63) is 35.7 Å². The summed E-state index contributed by atoms with van der Waals surface area (Å²) in [6.45, 7) is 1.62. The van der Waals surface area contributed by atoms with Crippen LogP contribution < -0.4 is 0 Å². The van der Waals surface area contributed by atoms with Gasteiger partial charge in [-0.3, -0.25) is 0 Å². The minimum Gasteiger partial charge on any atom is -0.465 e. The summed E-state index contributed by atoms with van der Waals surface area (Å²) in [4.78, 5) is 11.5. The zero-order valence-electron chi connectivity index (χ0n) is 10.8. The molecule has 5 nitrogen and oxygen atoms in total. The molecule has 19 heavy (non-hydrogen) atoms. The quantitative estimate of drug-likeness (QED) is 0.775. The monoisotopic (exact) mass is 260 g/mol. The summed E-state index contributed by atoms with van der Waals surface area (Å²) >= 11 is 0. The van der Waals surface area contributed by atoms with Crippen LogP contribution in [0.25, 0.3) is 5.52 Å². The SMILES string of the molecule is COC(=O)c1cc2cc(C3CCOCC3)cnn2c1. The normalized spacial score (nSPS) is 16.7.